The fraction of sp³-hybridized carbons (Fsp3) is 0.300. The first kappa shape index (κ1) is 17.7. The molecule has 1 amide bonds. The molecule has 0 spiro atoms. The van der Waals surface area contributed by atoms with Crippen molar-refractivity contribution in [3.8, 4) is 5.75 Å². The highest BCUT2D eigenvalue weighted by Gasteiger charge is 2.04. The third kappa shape index (κ3) is 5.54. The summed E-state index contributed by atoms with van der Waals surface area (Å²) in [6.07, 6.45) is 2.04. The smallest absolute Gasteiger partial charge is 0.224 e. The zero-order chi connectivity index (χ0) is 17.4. The van der Waals surface area contributed by atoms with Gasteiger partial charge in [-0.15, -0.1) is 0 Å². The summed E-state index contributed by atoms with van der Waals surface area (Å²) in [5.74, 6) is 0.778. The summed E-state index contributed by atoms with van der Waals surface area (Å²) < 4.78 is 5.63. The number of nitrogens with one attached hydrogen (secondary N) is 1. The van der Waals surface area contributed by atoms with Crippen molar-refractivity contribution < 1.29 is 14.3 Å². The number of rotatable bonds is 8. The van der Waals surface area contributed by atoms with Crippen molar-refractivity contribution >= 4 is 17.4 Å². The highest BCUT2D eigenvalue weighted by molar-refractivity contribution is 5.95. The monoisotopic (exact) mass is 325 g/mol. The van der Waals surface area contributed by atoms with Gasteiger partial charge in [0.2, 0.25) is 5.91 Å². The SMILES string of the molecule is CCc1ccc(OCCCC(=O)Nc2ccc(C(C)=O)cc2)cc1. The van der Waals surface area contributed by atoms with Gasteiger partial charge < -0.3 is 10.1 Å². The van der Waals surface area contributed by atoms with E-state index in [0.717, 1.165) is 12.2 Å². The maximum Gasteiger partial charge on any atom is 0.224 e. The van der Waals surface area contributed by atoms with Gasteiger partial charge >= 0.3 is 0 Å². The Morgan fingerprint density at radius 1 is 1.00 bits per heavy atom. The lowest BCUT2D eigenvalue weighted by molar-refractivity contribution is -0.116. The van der Waals surface area contributed by atoms with Crippen molar-refractivity contribution in [1.82, 2.24) is 0 Å². The fourth-order valence-electron chi connectivity index (χ4n) is 2.26. The molecule has 4 heteroatoms. The van der Waals surface area contributed by atoms with Crippen molar-refractivity contribution in [2.45, 2.75) is 33.1 Å². The molecular weight excluding hydrogens is 302 g/mol. The number of hydrogen-bond acceptors (Lipinski definition) is 3. The Labute approximate surface area is 142 Å². The van der Waals surface area contributed by atoms with Gasteiger partial charge in [0.25, 0.3) is 0 Å². The molecule has 24 heavy (non-hydrogen) atoms. The van der Waals surface area contributed by atoms with Gasteiger partial charge in [0, 0.05) is 17.7 Å². The second-order valence-electron chi connectivity index (χ2n) is 5.63. The highest BCUT2D eigenvalue weighted by atomic mass is 16.5. The average Bonchev–Trinajstić information content (AvgIpc) is 2.59. The van der Waals surface area contributed by atoms with Gasteiger partial charge in [0.15, 0.2) is 5.78 Å². The van der Waals surface area contributed by atoms with E-state index in [4.69, 9.17) is 4.74 Å². The van der Waals surface area contributed by atoms with Crippen molar-refractivity contribution in [2.24, 2.45) is 0 Å². The summed E-state index contributed by atoms with van der Waals surface area (Å²) in [5.41, 5.74) is 2.61. The van der Waals surface area contributed by atoms with Crippen LogP contribution in [0.4, 0.5) is 5.69 Å². The molecule has 0 aliphatic rings. The number of ketones is 1. The van der Waals surface area contributed by atoms with E-state index in [1.807, 2.05) is 24.3 Å². The molecule has 0 aromatic heterocycles. The van der Waals surface area contributed by atoms with E-state index in [1.165, 1.54) is 12.5 Å². The van der Waals surface area contributed by atoms with Crippen LogP contribution in [-0.2, 0) is 11.2 Å². The quantitative estimate of drug-likeness (QED) is 0.583. The first-order valence-electron chi connectivity index (χ1n) is 8.21. The Hall–Kier alpha value is -2.62. The van der Waals surface area contributed by atoms with E-state index in [9.17, 15) is 9.59 Å². The number of hydrogen-bond donors (Lipinski definition) is 1. The Bertz CT molecular complexity index is 675. The molecule has 0 bridgehead atoms. The predicted octanol–water partition coefficient (Wildman–Crippen LogP) is 4.25. The first-order chi connectivity index (χ1) is 11.6. The Morgan fingerprint density at radius 3 is 2.25 bits per heavy atom. The van der Waals surface area contributed by atoms with Gasteiger partial charge in [-0.2, -0.15) is 0 Å². The number of benzene rings is 2. The molecule has 1 N–H and O–H groups in total. The van der Waals surface area contributed by atoms with Crippen LogP contribution >= 0.6 is 0 Å². The number of carbonyl (C=O) groups is 2. The van der Waals surface area contributed by atoms with Crippen molar-refractivity contribution in [3.63, 3.8) is 0 Å². The summed E-state index contributed by atoms with van der Waals surface area (Å²) in [7, 11) is 0. The lowest BCUT2D eigenvalue weighted by Gasteiger charge is -2.08. The van der Waals surface area contributed by atoms with E-state index in [1.54, 1.807) is 24.3 Å². The largest absolute Gasteiger partial charge is 0.494 e. The minimum absolute atomic E-state index is 0.0111. The molecule has 0 unspecified atom stereocenters. The molecule has 2 aromatic rings. The molecule has 2 aromatic carbocycles. The zero-order valence-corrected chi connectivity index (χ0v) is 14.2. The topological polar surface area (TPSA) is 55.4 Å². The normalized spacial score (nSPS) is 10.2. The maximum atomic E-state index is 11.9. The highest BCUT2D eigenvalue weighted by Crippen LogP contribution is 2.13. The first-order valence-corrected chi connectivity index (χ1v) is 8.21. The number of ether oxygens (including phenoxy) is 1. The van der Waals surface area contributed by atoms with Gasteiger partial charge in [-0.3, -0.25) is 9.59 Å². The van der Waals surface area contributed by atoms with Crippen LogP contribution in [0.5, 0.6) is 5.75 Å². The molecule has 0 saturated heterocycles. The Balaban J connectivity index is 1.69. The number of aryl methyl sites for hydroxylation is 1. The molecule has 0 heterocycles. The molecule has 0 fully saturated rings. The van der Waals surface area contributed by atoms with Crippen LogP contribution in [-0.4, -0.2) is 18.3 Å². The van der Waals surface area contributed by atoms with Crippen molar-refractivity contribution in [2.75, 3.05) is 11.9 Å². The fourth-order valence-corrected chi connectivity index (χ4v) is 2.26. The summed E-state index contributed by atoms with van der Waals surface area (Å²) in [6, 6.07) is 14.9. The van der Waals surface area contributed by atoms with Crippen LogP contribution in [0.25, 0.3) is 0 Å². The lowest BCUT2D eigenvalue weighted by atomic mass is 10.1. The standard InChI is InChI=1S/C20H23NO3/c1-3-16-6-12-19(13-7-16)24-14-4-5-20(23)21-18-10-8-17(9-11-18)15(2)22/h6-13H,3-5,14H2,1-2H3,(H,21,23). The second-order valence-corrected chi connectivity index (χ2v) is 5.63. The van der Waals surface area contributed by atoms with Gasteiger partial charge in [-0.1, -0.05) is 19.1 Å². The average molecular weight is 325 g/mol. The van der Waals surface area contributed by atoms with Crippen molar-refractivity contribution in [3.05, 3.63) is 59.7 Å². The molecule has 0 atom stereocenters. The molecule has 2 rings (SSSR count). The predicted molar refractivity (Wildman–Crippen MR) is 95.6 cm³/mol. The van der Waals surface area contributed by atoms with E-state index >= 15 is 0 Å². The summed E-state index contributed by atoms with van der Waals surface area (Å²) in [5, 5.41) is 2.82. The van der Waals surface area contributed by atoms with Crippen LogP contribution < -0.4 is 10.1 Å². The summed E-state index contributed by atoms with van der Waals surface area (Å²) in [6.45, 7) is 4.13. The minimum Gasteiger partial charge on any atom is -0.494 e. The van der Waals surface area contributed by atoms with Crippen molar-refractivity contribution in [1.29, 1.82) is 0 Å². The van der Waals surface area contributed by atoms with E-state index < -0.39 is 0 Å². The number of anilines is 1. The van der Waals surface area contributed by atoms with E-state index in [0.29, 0.717) is 30.7 Å². The summed E-state index contributed by atoms with van der Waals surface area (Å²) in [4.78, 5) is 23.1. The van der Waals surface area contributed by atoms with Gasteiger partial charge in [0.05, 0.1) is 6.61 Å². The molecule has 4 nitrogen and oxygen atoms in total. The molecule has 126 valence electrons. The van der Waals surface area contributed by atoms with E-state index in [-0.39, 0.29) is 11.7 Å². The third-order valence-corrected chi connectivity index (χ3v) is 3.72. The van der Waals surface area contributed by atoms with Crippen LogP contribution in [0.1, 0.15) is 42.6 Å². The van der Waals surface area contributed by atoms with Crippen LogP contribution in [0, 0.1) is 0 Å². The van der Waals surface area contributed by atoms with Gasteiger partial charge in [-0.25, -0.2) is 0 Å². The van der Waals surface area contributed by atoms with Crippen LogP contribution in [0.3, 0.4) is 0 Å². The number of amides is 1. The number of Topliss-reactive ketones (excluding diaryl/α,β-unsaturated/α-hetero) is 1. The van der Waals surface area contributed by atoms with Crippen LogP contribution in [0.15, 0.2) is 48.5 Å². The molecule has 0 aliphatic carbocycles. The minimum atomic E-state index is -0.0597. The molecule has 0 radical (unpaired) electrons. The number of carbonyl (C=O) groups excluding carboxylic acids is 2. The Morgan fingerprint density at radius 2 is 1.67 bits per heavy atom. The molecule has 0 aliphatic heterocycles. The maximum absolute atomic E-state index is 11.9. The third-order valence-electron chi connectivity index (χ3n) is 3.72. The summed E-state index contributed by atoms with van der Waals surface area (Å²) >= 11 is 0. The van der Waals surface area contributed by atoms with Gasteiger partial charge in [-0.05, 0) is 61.7 Å². The van der Waals surface area contributed by atoms with E-state index in [2.05, 4.69) is 12.2 Å². The molecule has 0 saturated carbocycles. The lowest BCUT2D eigenvalue weighted by Crippen LogP contribution is -2.12. The van der Waals surface area contributed by atoms with Crippen LogP contribution in [0.2, 0.25) is 0 Å². The second kappa shape index (κ2) is 8.87. The Kier molecular flexibility index (Phi) is 6.55. The van der Waals surface area contributed by atoms with Gasteiger partial charge in [0.1, 0.15) is 5.75 Å². The zero-order valence-electron chi connectivity index (χ0n) is 14.2. The molecular formula is C20H23NO3.